The van der Waals surface area contributed by atoms with Crippen molar-refractivity contribution in [3.8, 4) is 11.5 Å². The maximum atomic E-state index is 12.8. The molecule has 1 saturated heterocycles. The molecule has 30 heavy (non-hydrogen) atoms. The van der Waals surface area contributed by atoms with Crippen LogP contribution in [-0.4, -0.2) is 44.3 Å². The van der Waals surface area contributed by atoms with E-state index in [-0.39, 0.29) is 17.9 Å². The number of amides is 2. The Labute approximate surface area is 176 Å². The molecule has 2 aromatic carbocycles. The van der Waals surface area contributed by atoms with Gasteiger partial charge in [-0.15, -0.1) is 0 Å². The Balaban J connectivity index is 1.72. The quantitative estimate of drug-likeness (QED) is 0.657. The largest absolute Gasteiger partial charge is 0.490 e. The van der Waals surface area contributed by atoms with Crippen molar-refractivity contribution in [2.24, 2.45) is 0 Å². The second-order valence-electron chi connectivity index (χ2n) is 6.87. The minimum absolute atomic E-state index is 0.0524. The summed E-state index contributed by atoms with van der Waals surface area (Å²) >= 11 is 0. The van der Waals surface area contributed by atoms with Crippen LogP contribution in [0, 0.1) is 0 Å². The van der Waals surface area contributed by atoms with Gasteiger partial charge in [-0.25, -0.2) is 0 Å². The third-order valence-corrected chi connectivity index (χ3v) is 4.74. The summed E-state index contributed by atoms with van der Waals surface area (Å²) in [6, 6.07) is 12.0. The van der Waals surface area contributed by atoms with Crippen molar-refractivity contribution in [2.45, 2.75) is 32.8 Å². The highest BCUT2D eigenvalue weighted by atomic mass is 16.5. The molecule has 7 nitrogen and oxygen atoms in total. The van der Waals surface area contributed by atoms with Gasteiger partial charge in [0.15, 0.2) is 11.5 Å². The monoisotopic (exact) mass is 412 g/mol. The summed E-state index contributed by atoms with van der Waals surface area (Å²) in [4.78, 5) is 25.5. The maximum Gasteiger partial charge on any atom is 0.255 e. The zero-order valence-corrected chi connectivity index (χ0v) is 17.4. The number of nitrogens with one attached hydrogen (secondary N) is 2. The molecule has 0 saturated carbocycles. The number of para-hydroxylation sites is 1. The molecule has 1 aliphatic heterocycles. The molecule has 1 aliphatic rings. The number of ether oxygens (including phenoxy) is 3. The molecule has 7 heteroatoms. The van der Waals surface area contributed by atoms with Crippen LogP contribution in [0.5, 0.6) is 11.5 Å². The summed E-state index contributed by atoms with van der Waals surface area (Å²) in [5.41, 5.74) is 1.26. The van der Waals surface area contributed by atoms with Crippen LogP contribution in [-0.2, 0) is 4.74 Å². The van der Waals surface area contributed by atoms with E-state index < -0.39 is 0 Å². The van der Waals surface area contributed by atoms with E-state index in [1.165, 1.54) is 0 Å². The second-order valence-corrected chi connectivity index (χ2v) is 6.87. The average molecular weight is 412 g/mol. The molecular formula is C23H28N2O5. The van der Waals surface area contributed by atoms with Crippen LogP contribution in [0.25, 0.3) is 0 Å². The molecule has 0 aliphatic carbocycles. The first-order chi connectivity index (χ1) is 14.6. The fourth-order valence-corrected chi connectivity index (χ4v) is 3.28. The van der Waals surface area contributed by atoms with Gasteiger partial charge < -0.3 is 24.8 Å². The average Bonchev–Trinajstić information content (AvgIpc) is 3.27. The summed E-state index contributed by atoms with van der Waals surface area (Å²) in [5, 5.41) is 5.72. The number of carbonyl (C=O) groups is 2. The second kappa shape index (κ2) is 10.6. The first-order valence-electron chi connectivity index (χ1n) is 10.3. The van der Waals surface area contributed by atoms with Crippen LogP contribution in [0.4, 0.5) is 5.69 Å². The Kier molecular flexibility index (Phi) is 7.68. The summed E-state index contributed by atoms with van der Waals surface area (Å²) in [7, 11) is 0. The van der Waals surface area contributed by atoms with Crippen LogP contribution in [0.2, 0.25) is 0 Å². The molecule has 0 aromatic heterocycles. The topological polar surface area (TPSA) is 85.9 Å². The summed E-state index contributed by atoms with van der Waals surface area (Å²) in [5.74, 6) is 0.515. The van der Waals surface area contributed by atoms with E-state index in [4.69, 9.17) is 14.2 Å². The predicted molar refractivity (Wildman–Crippen MR) is 114 cm³/mol. The lowest BCUT2D eigenvalue weighted by molar-refractivity contribution is 0.0858. The minimum atomic E-state index is -0.335. The van der Waals surface area contributed by atoms with Crippen LogP contribution in [0.15, 0.2) is 42.5 Å². The highest BCUT2D eigenvalue weighted by molar-refractivity contribution is 6.09. The molecule has 2 aromatic rings. The van der Waals surface area contributed by atoms with Crippen LogP contribution in [0.1, 0.15) is 47.4 Å². The van der Waals surface area contributed by atoms with Gasteiger partial charge in [-0.05, 0) is 57.0 Å². The molecule has 1 heterocycles. The number of carbonyl (C=O) groups excluding carboxylic acids is 2. The zero-order chi connectivity index (χ0) is 21.3. The Hall–Kier alpha value is -3.06. The van der Waals surface area contributed by atoms with Gasteiger partial charge in [0.1, 0.15) is 0 Å². The lowest BCUT2D eigenvalue weighted by atomic mass is 10.1. The number of benzene rings is 2. The van der Waals surface area contributed by atoms with Crippen molar-refractivity contribution in [2.75, 3.05) is 31.7 Å². The van der Waals surface area contributed by atoms with Gasteiger partial charge in [-0.2, -0.15) is 0 Å². The summed E-state index contributed by atoms with van der Waals surface area (Å²) in [6.45, 7) is 5.90. The first kappa shape index (κ1) is 21.6. The molecule has 160 valence electrons. The fraction of sp³-hybridized carbons (Fsp3) is 0.391. The minimum Gasteiger partial charge on any atom is -0.490 e. The van der Waals surface area contributed by atoms with Crippen molar-refractivity contribution in [1.82, 2.24) is 5.32 Å². The molecular weight excluding hydrogens is 384 g/mol. The van der Waals surface area contributed by atoms with Gasteiger partial charge in [0.05, 0.1) is 30.6 Å². The first-order valence-corrected chi connectivity index (χ1v) is 10.3. The van der Waals surface area contributed by atoms with Crippen molar-refractivity contribution >= 4 is 17.5 Å². The van der Waals surface area contributed by atoms with Gasteiger partial charge >= 0.3 is 0 Å². The van der Waals surface area contributed by atoms with Crippen molar-refractivity contribution in [3.05, 3.63) is 53.6 Å². The normalized spacial score (nSPS) is 15.5. The Bertz CT molecular complexity index is 878. The van der Waals surface area contributed by atoms with Crippen LogP contribution >= 0.6 is 0 Å². The molecule has 3 rings (SSSR count). The molecule has 0 bridgehead atoms. The van der Waals surface area contributed by atoms with E-state index in [9.17, 15) is 9.59 Å². The molecule has 0 radical (unpaired) electrons. The summed E-state index contributed by atoms with van der Waals surface area (Å²) < 4.78 is 16.7. The van der Waals surface area contributed by atoms with Crippen LogP contribution < -0.4 is 20.1 Å². The van der Waals surface area contributed by atoms with Crippen LogP contribution in [0.3, 0.4) is 0 Å². The van der Waals surface area contributed by atoms with Gasteiger partial charge in [0, 0.05) is 18.7 Å². The smallest absolute Gasteiger partial charge is 0.255 e. The van der Waals surface area contributed by atoms with E-state index >= 15 is 0 Å². The number of rotatable bonds is 9. The fourth-order valence-electron chi connectivity index (χ4n) is 3.28. The highest BCUT2D eigenvalue weighted by Crippen LogP contribution is 2.29. The molecule has 0 spiro atoms. The van der Waals surface area contributed by atoms with Crippen molar-refractivity contribution in [1.29, 1.82) is 0 Å². The standard InChI is InChI=1S/C23H28N2O5/c1-3-28-20-12-11-16(14-21(20)29-4-2)22(26)25-19-10-6-5-9-18(19)23(27)24-15-17-8-7-13-30-17/h5-6,9-12,14,17H,3-4,7-8,13,15H2,1-2H3,(H,24,27)(H,25,26)/t17-/m0/s1. The maximum absolute atomic E-state index is 12.8. The number of hydrogen-bond donors (Lipinski definition) is 2. The summed E-state index contributed by atoms with van der Waals surface area (Å²) in [6.07, 6.45) is 2.01. The van der Waals surface area contributed by atoms with Gasteiger partial charge in [0.25, 0.3) is 11.8 Å². The van der Waals surface area contributed by atoms with Gasteiger partial charge in [-0.1, -0.05) is 12.1 Å². The van der Waals surface area contributed by atoms with E-state index in [2.05, 4.69) is 10.6 Å². The molecule has 0 unspecified atom stereocenters. The van der Waals surface area contributed by atoms with E-state index in [1.54, 1.807) is 42.5 Å². The number of hydrogen-bond acceptors (Lipinski definition) is 5. The Morgan fingerprint density at radius 1 is 1.03 bits per heavy atom. The lowest BCUT2D eigenvalue weighted by Gasteiger charge is -2.15. The van der Waals surface area contributed by atoms with E-state index in [0.717, 1.165) is 19.4 Å². The van der Waals surface area contributed by atoms with Crippen molar-refractivity contribution < 1.29 is 23.8 Å². The van der Waals surface area contributed by atoms with Gasteiger partial charge in [0.2, 0.25) is 0 Å². The van der Waals surface area contributed by atoms with E-state index in [0.29, 0.717) is 48.1 Å². The number of anilines is 1. The Morgan fingerprint density at radius 3 is 2.53 bits per heavy atom. The lowest BCUT2D eigenvalue weighted by Crippen LogP contribution is -2.32. The molecule has 1 atom stereocenters. The third kappa shape index (κ3) is 5.51. The Morgan fingerprint density at radius 2 is 1.80 bits per heavy atom. The zero-order valence-electron chi connectivity index (χ0n) is 17.4. The van der Waals surface area contributed by atoms with E-state index in [1.807, 2.05) is 13.8 Å². The molecule has 2 amide bonds. The molecule has 2 N–H and O–H groups in total. The highest BCUT2D eigenvalue weighted by Gasteiger charge is 2.19. The SMILES string of the molecule is CCOc1ccc(C(=O)Nc2ccccc2C(=O)NC[C@@H]2CCCO2)cc1OCC. The van der Waals surface area contributed by atoms with Gasteiger partial charge in [-0.3, -0.25) is 9.59 Å². The third-order valence-electron chi connectivity index (χ3n) is 4.74. The van der Waals surface area contributed by atoms with Crippen molar-refractivity contribution in [3.63, 3.8) is 0 Å². The molecule has 1 fully saturated rings. The predicted octanol–water partition coefficient (Wildman–Crippen LogP) is 3.65.